The zero-order valence-corrected chi connectivity index (χ0v) is 11.0. The number of aromatic nitrogens is 3. The van der Waals surface area contributed by atoms with E-state index in [1.54, 1.807) is 12.4 Å². The summed E-state index contributed by atoms with van der Waals surface area (Å²) in [7, 11) is 0. The van der Waals surface area contributed by atoms with Gasteiger partial charge in [0.05, 0.1) is 18.1 Å². The topological polar surface area (TPSA) is 94.0 Å². The van der Waals surface area contributed by atoms with Gasteiger partial charge in [0.1, 0.15) is 5.56 Å². The number of nitrogens with zero attached hydrogens (tertiary/aromatic N) is 3. The van der Waals surface area contributed by atoms with Gasteiger partial charge in [0.25, 0.3) is 0 Å². The molecule has 0 atom stereocenters. The maximum atomic E-state index is 11.3. The Labute approximate surface area is 120 Å². The molecule has 21 heavy (non-hydrogen) atoms. The van der Waals surface area contributed by atoms with Gasteiger partial charge >= 0.3 is 5.97 Å². The van der Waals surface area contributed by atoms with E-state index in [2.05, 4.69) is 10.1 Å². The van der Waals surface area contributed by atoms with Crippen molar-refractivity contribution in [2.75, 3.05) is 5.73 Å². The predicted molar refractivity (Wildman–Crippen MR) is 78.2 cm³/mol. The molecule has 0 fully saturated rings. The molecule has 0 bridgehead atoms. The van der Waals surface area contributed by atoms with Crippen molar-refractivity contribution in [1.82, 2.24) is 14.8 Å². The summed E-state index contributed by atoms with van der Waals surface area (Å²) in [5, 5.41) is 13.4. The largest absolute Gasteiger partial charge is 0.478 e. The summed E-state index contributed by atoms with van der Waals surface area (Å²) < 4.78 is 1.44. The number of benzene rings is 1. The third kappa shape index (κ3) is 2.46. The lowest BCUT2D eigenvalue weighted by Gasteiger charge is -2.05. The molecular weight excluding hydrogens is 268 g/mol. The summed E-state index contributed by atoms with van der Waals surface area (Å²) in [5.41, 5.74) is 7.77. The molecule has 1 aromatic carbocycles. The Morgan fingerprint density at radius 1 is 1.14 bits per heavy atom. The third-order valence-electron chi connectivity index (χ3n) is 3.02. The van der Waals surface area contributed by atoms with Crippen LogP contribution < -0.4 is 5.73 Å². The summed E-state index contributed by atoms with van der Waals surface area (Å²) in [4.78, 5) is 15.4. The van der Waals surface area contributed by atoms with Crippen LogP contribution in [0.1, 0.15) is 10.4 Å². The van der Waals surface area contributed by atoms with Crippen molar-refractivity contribution in [1.29, 1.82) is 0 Å². The number of nitrogen functional groups attached to an aromatic ring is 1. The molecule has 104 valence electrons. The normalized spacial score (nSPS) is 10.5. The van der Waals surface area contributed by atoms with Crippen LogP contribution in [0, 0.1) is 0 Å². The van der Waals surface area contributed by atoms with Gasteiger partial charge in [0, 0.05) is 11.8 Å². The quantitative estimate of drug-likeness (QED) is 0.767. The maximum Gasteiger partial charge on any atom is 0.339 e. The minimum Gasteiger partial charge on any atom is -0.478 e. The van der Waals surface area contributed by atoms with Crippen molar-refractivity contribution in [3.8, 4) is 16.9 Å². The van der Waals surface area contributed by atoms with Crippen molar-refractivity contribution in [2.24, 2.45) is 0 Å². The van der Waals surface area contributed by atoms with E-state index in [4.69, 9.17) is 5.73 Å². The fourth-order valence-electron chi connectivity index (χ4n) is 2.03. The molecule has 0 amide bonds. The number of nitrogens with two attached hydrogens (primary N) is 1. The number of anilines is 1. The van der Waals surface area contributed by atoms with Crippen LogP contribution in [0.25, 0.3) is 16.9 Å². The Morgan fingerprint density at radius 3 is 2.62 bits per heavy atom. The Balaban J connectivity index is 2.07. The first-order valence-electron chi connectivity index (χ1n) is 6.24. The van der Waals surface area contributed by atoms with Crippen LogP contribution in [0.15, 0.2) is 55.0 Å². The lowest BCUT2D eigenvalue weighted by atomic mass is 10.1. The van der Waals surface area contributed by atoms with E-state index < -0.39 is 5.97 Å². The first-order chi connectivity index (χ1) is 10.1. The van der Waals surface area contributed by atoms with E-state index in [1.165, 1.54) is 16.9 Å². The second-order valence-corrected chi connectivity index (χ2v) is 4.48. The standard InChI is InChI=1S/C15H12N4O2/c16-12-6-13(15(20)21)14(17-8-12)19-9-11(7-18-19)10-4-2-1-3-5-10/h1-9H,16H2,(H,20,21). The first kappa shape index (κ1) is 12.9. The number of carboxylic acids is 1. The molecule has 2 aromatic heterocycles. The average molecular weight is 280 g/mol. The number of carboxylic acid groups (broad SMARTS) is 1. The van der Waals surface area contributed by atoms with Crippen molar-refractivity contribution >= 4 is 11.7 Å². The van der Waals surface area contributed by atoms with Gasteiger partial charge in [0.2, 0.25) is 0 Å². The second-order valence-electron chi connectivity index (χ2n) is 4.48. The van der Waals surface area contributed by atoms with Gasteiger partial charge in [-0.25, -0.2) is 14.5 Å². The molecule has 3 rings (SSSR count). The lowest BCUT2D eigenvalue weighted by Crippen LogP contribution is -2.09. The summed E-state index contributed by atoms with van der Waals surface area (Å²) >= 11 is 0. The highest BCUT2D eigenvalue weighted by Crippen LogP contribution is 2.21. The van der Waals surface area contributed by atoms with Crippen molar-refractivity contribution in [2.45, 2.75) is 0 Å². The van der Waals surface area contributed by atoms with Gasteiger partial charge in [0.15, 0.2) is 5.82 Å². The number of pyridine rings is 1. The molecule has 0 aliphatic heterocycles. The highest BCUT2D eigenvalue weighted by Gasteiger charge is 2.15. The van der Waals surface area contributed by atoms with Gasteiger partial charge in [-0.15, -0.1) is 0 Å². The van der Waals surface area contributed by atoms with Gasteiger partial charge in [-0.3, -0.25) is 0 Å². The molecule has 2 heterocycles. The van der Waals surface area contributed by atoms with Crippen LogP contribution in [-0.4, -0.2) is 25.8 Å². The van der Waals surface area contributed by atoms with Crippen molar-refractivity contribution < 1.29 is 9.90 Å². The lowest BCUT2D eigenvalue weighted by molar-refractivity contribution is 0.0696. The molecular formula is C15H12N4O2. The summed E-state index contributed by atoms with van der Waals surface area (Å²) in [6, 6.07) is 11.1. The van der Waals surface area contributed by atoms with Crippen LogP contribution in [0.4, 0.5) is 5.69 Å². The highest BCUT2D eigenvalue weighted by atomic mass is 16.4. The molecule has 6 heteroatoms. The Hall–Kier alpha value is -3.15. The molecule has 3 aromatic rings. The summed E-state index contributed by atoms with van der Waals surface area (Å²) in [5.74, 6) is -0.861. The number of hydrogen-bond donors (Lipinski definition) is 2. The van der Waals surface area contributed by atoms with Crippen molar-refractivity contribution in [3.63, 3.8) is 0 Å². The predicted octanol–water partition coefficient (Wildman–Crippen LogP) is 2.21. The number of hydrogen-bond acceptors (Lipinski definition) is 4. The molecule has 0 spiro atoms. The molecule has 0 radical (unpaired) electrons. The van der Waals surface area contributed by atoms with Gasteiger partial charge in [-0.05, 0) is 11.6 Å². The SMILES string of the molecule is Nc1cnc(-n2cc(-c3ccccc3)cn2)c(C(=O)O)c1. The van der Waals surface area contributed by atoms with Crippen LogP contribution in [0.3, 0.4) is 0 Å². The smallest absolute Gasteiger partial charge is 0.339 e. The van der Waals surface area contributed by atoms with Crippen LogP contribution in [-0.2, 0) is 0 Å². The van der Waals surface area contributed by atoms with Crippen LogP contribution in [0.5, 0.6) is 0 Å². The fraction of sp³-hybridized carbons (Fsp3) is 0. The van der Waals surface area contributed by atoms with E-state index in [0.29, 0.717) is 5.69 Å². The molecule has 0 aliphatic carbocycles. The van der Waals surface area contributed by atoms with E-state index in [-0.39, 0.29) is 11.4 Å². The Bertz CT molecular complexity index is 796. The van der Waals surface area contributed by atoms with E-state index >= 15 is 0 Å². The number of carbonyl (C=O) groups is 1. The molecule has 0 aliphatic rings. The summed E-state index contributed by atoms with van der Waals surface area (Å²) in [6.07, 6.45) is 4.81. The third-order valence-corrected chi connectivity index (χ3v) is 3.02. The second kappa shape index (κ2) is 5.09. The zero-order valence-electron chi connectivity index (χ0n) is 11.0. The minimum atomic E-state index is -1.10. The van der Waals surface area contributed by atoms with Gasteiger partial charge in [-0.1, -0.05) is 30.3 Å². The number of rotatable bonds is 3. The molecule has 6 nitrogen and oxygen atoms in total. The molecule has 0 saturated carbocycles. The molecule has 3 N–H and O–H groups in total. The minimum absolute atomic E-state index is 0.0118. The molecule has 0 saturated heterocycles. The monoisotopic (exact) mass is 280 g/mol. The van der Waals surface area contributed by atoms with Gasteiger partial charge in [-0.2, -0.15) is 5.10 Å². The zero-order chi connectivity index (χ0) is 14.8. The Kier molecular flexibility index (Phi) is 3.12. The van der Waals surface area contributed by atoms with Crippen LogP contribution >= 0.6 is 0 Å². The Morgan fingerprint density at radius 2 is 1.90 bits per heavy atom. The average Bonchev–Trinajstić information content (AvgIpc) is 2.97. The fourth-order valence-corrected chi connectivity index (χ4v) is 2.03. The highest BCUT2D eigenvalue weighted by molar-refractivity contribution is 5.92. The van der Waals surface area contributed by atoms with E-state index in [0.717, 1.165) is 11.1 Å². The maximum absolute atomic E-state index is 11.3. The first-order valence-corrected chi connectivity index (χ1v) is 6.24. The van der Waals surface area contributed by atoms with Gasteiger partial charge < -0.3 is 10.8 Å². The van der Waals surface area contributed by atoms with Crippen molar-refractivity contribution in [3.05, 3.63) is 60.6 Å². The summed E-state index contributed by atoms with van der Waals surface area (Å²) in [6.45, 7) is 0. The number of aromatic carboxylic acids is 1. The molecule has 0 unspecified atom stereocenters. The van der Waals surface area contributed by atoms with Crippen LogP contribution in [0.2, 0.25) is 0 Å². The van der Waals surface area contributed by atoms with E-state index in [9.17, 15) is 9.90 Å². The van der Waals surface area contributed by atoms with E-state index in [1.807, 2.05) is 30.3 Å².